The smallest absolute Gasteiger partial charge is 0.449 e. The van der Waals surface area contributed by atoms with Crippen LogP contribution < -0.4 is 0 Å². The summed E-state index contributed by atoms with van der Waals surface area (Å²) in [7, 11) is -4.91. The number of aliphatic carboxylic acids is 1. The molecule has 7 nitrogen and oxygen atoms in total. The van der Waals surface area contributed by atoms with Gasteiger partial charge in [0, 0.05) is 5.57 Å². The second-order valence-electron chi connectivity index (χ2n) is 1.97. The van der Waals surface area contributed by atoms with Crippen molar-refractivity contribution < 1.29 is 31.8 Å². The van der Waals surface area contributed by atoms with Crippen LogP contribution in [0.2, 0.25) is 0 Å². The molecule has 2 N–H and O–H groups in total. The van der Waals surface area contributed by atoms with E-state index in [-0.39, 0.29) is 0 Å². The van der Waals surface area contributed by atoms with E-state index in [1.807, 2.05) is 0 Å². The summed E-state index contributed by atoms with van der Waals surface area (Å²) >= 11 is 0. The average molecular weight is 210 g/mol. The zero-order valence-corrected chi connectivity index (χ0v) is 7.07. The Bertz CT molecular complexity index is 338. The summed E-state index contributed by atoms with van der Waals surface area (Å²) in [6, 6.07) is 0. The molecule has 13 heavy (non-hydrogen) atoms. The van der Waals surface area contributed by atoms with E-state index < -0.39 is 34.3 Å². The fourth-order valence-corrected chi connectivity index (χ4v) is 0.718. The van der Waals surface area contributed by atoms with Crippen LogP contribution >= 0.6 is 0 Å². The lowest BCUT2D eigenvalue weighted by Gasteiger charge is -1.99. The Morgan fingerprint density at radius 1 is 1.38 bits per heavy atom. The van der Waals surface area contributed by atoms with Crippen LogP contribution in [-0.4, -0.2) is 30.0 Å². The van der Waals surface area contributed by atoms with Crippen LogP contribution in [0.4, 0.5) is 0 Å². The zero-order valence-electron chi connectivity index (χ0n) is 6.26. The second kappa shape index (κ2) is 4.01. The molecule has 0 rings (SSSR count). The molecule has 0 atom stereocenters. The molecule has 74 valence electrons. The van der Waals surface area contributed by atoms with Crippen molar-refractivity contribution in [2.45, 2.75) is 6.42 Å². The standard InChI is InChI=1S/C5H6O7S/c1-3(2-4(6)7)5(8)12-13(9,10)11/h1-2H2,(H,6,7)(H,9,10,11). The van der Waals surface area contributed by atoms with Gasteiger partial charge in [-0.05, 0) is 0 Å². The number of carbonyl (C=O) groups excluding carboxylic acids is 1. The Morgan fingerprint density at radius 2 is 1.85 bits per heavy atom. The maximum absolute atomic E-state index is 10.6. The molecule has 0 unspecified atom stereocenters. The van der Waals surface area contributed by atoms with Crippen LogP contribution in [0.25, 0.3) is 0 Å². The Hall–Kier alpha value is -1.41. The summed E-state index contributed by atoms with van der Waals surface area (Å²) in [5.41, 5.74) is -0.579. The van der Waals surface area contributed by atoms with Crippen molar-refractivity contribution in [1.82, 2.24) is 0 Å². The summed E-state index contributed by atoms with van der Waals surface area (Å²) in [5, 5.41) is 8.15. The van der Waals surface area contributed by atoms with Gasteiger partial charge in [-0.2, -0.15) is 8.42 Å². The molecule has 0 bridgehead atoms. The predicted octanol–water partition coefficient (Wildman–Crippen LogP) is -0.637. The van der Waals surface area contributed by atoms with Crippen molar-refractivity contribution in [1.29, 1.82) is 0 Å². The highest BCUT2D eigenvalue weighted by molar-refractivity contribution is 7.81. The zero-order chi connectivity index (χ0) is 10.6. The molecule has 0 saturated heterocycles. The maximum atomic E-state index is 10.6. The van der Waals surface area contributed by atoms with Gasteiger partial charge >= 0.3 is 22.3 Å². The SMILES string of the molecule is C=C(CC(=O)O)C(=O)OS(=O)(=O)O. The molecule has 0 aromatic heterocycles. The molecule has 8 heteroatoms. The first kappa shape index (κ1) is 11.6. The van der Waals surface area contributed by atoms with Gasteiger partial charge in [0.05, 0.1) is 6.42 Å². The Balaban J connectivity index is 4.30. The number of hydrogen-bond donors (Lipinski definition) is 2. The lowest BCUT2D eigenvalue weighted by atomic mass is 10.2. The van der Waals surface area contributed by atoms with Crippen LogP contribution in [0.1, 0.15) is 6.42 Å². The molecule has 0 aliphatic rings. The van der Waals surface area contributed by atoms with Gasteiger partial charge in [0.25, 0.3) is 0 Å². The molecule has 0 aliphatic carbocycles. The molecule has 0 spiro atoms. The second-order valence-corrected chi connectivity index (χ2v) is 2.99. The van der Waals surface area contributed by atoms with Gasteiger partial charge in [-0.15, -0.1) is 0 Å². The highest BCUT2D eigenvalue weighted by atomic mass is 32.3. The maximum Gasteiger partial charge on any atom is 0.449 e. The summed E-state index contributed by atoms with van der Waals surface area (Å²) in [6.45, 7) is 2.95. The van der Waals surface area contributed by atoms with Crippen molar-refractivity contribution in [3.63, 3.8) is 0 Å². The molecular weight excluding hydrogens is 204 g/mol. The third-order valence-electron chi connectivity index (χ3n) is 0.834. The molecule has 0 aliphatic heterocycles. The molecule has 0 radical (unpaired) electrons. The lowest BCUT2D eigenvalue weighted by molar-refractivity contribution is -0.138. The molecule has 0 saturated carbocycles. The highest BCUT2D eigenvalue weighted by Crippen LogP contribution is 2.02. The number of hydrogen-bond acceptors (Lipinski definition) is 5. The van der Waals surface area contributed by atoms with Crippen molar-refractivity contribution >= 4 is 22.3 Å². The predicted molar refractivity (Wildman–Crippen MR) is 39.0 cm³/mol. The fourth-order valence-electron chi connectivity index (χ4n) is 0.409. The van der Waals surface area contributed by atoms with Gasteiger partial charge in [0.15, 0.2) is 0 Å². The molecule has 0 aromatic rings. The summed E-state index contributed by atoms with van der Waals surface area (Å²) in [5.74, 6) is -2.86. The van der Waals surface area contributed by atoms with E-state index in [1.165, 1.54) is 0 Å². The topological polar surface area (TPSA) is 118 Å². The first-order chi connectivity index (χ1) is 5.72. The van der Waals surface area contributed by atoms with E-state index >= 15 is 0 Å². The van der Waals surface area contributed by atoms with E-state index in [4.69, 9.17) is 9.66 Å². The van der Waals surface area contributed by atoms with Gasteiger partial charge < -0.3 is 9.29 Å². The summed E-state index contributed by atoms with van der Waals surface area (Å²) in [4.78, 5) is 20.6. The van der Waals surface area contributed by atoms with Crippen molar-refractivity contribution in [2.24, 2.45) is 0 Å². The van der Waals surface area contributed by atoms with Crippen LogP contribution in [0.15, 0.2) is 12.2 Å². The third-order valence-corrected chi connectivity index (χ3v) is 1.20. The van der Waals surface area contributed by atoms with Crippen LogP contribution in [0.5, 0.6) is 0 Å². The van der Waals surface area contributed by atoms with Gasteiger partial charge in [0.1, 0.15) is 0 Å². The minimum Gasteiger partial charge on any atom is -0.481 e. The lowest BCUT2D eigenvalue weighted by Crippen LogP contribution is -2.15. The van der Waals surface area contributed by atoms with E-state index in [0.717, 1.165) is 0 Å². The minimum atomic E-state index is -4.91. The Kier molecular flexibility index (Phi) is 3.57. The monoisotopic (exact) mass is 210 g/mol. The summed E-state index contributed by atoms with van der Waals surface area (Å²) in [6.07, 6.45) is -0.756. The number of rotatable bonds is 4. The first-order valence-electron chi connectivity index (χ1n) is 2.83. The Labute approximate surface area is 73.6 Å². The van der Waals surface area contributed by atoms with Gasteiger partial charge in [-0.3, -0.25) is 9.35 Å². The van der Waals surface area contributed by atoms with Crippen molar-refractivity contribution in [3.05, 3.63) is 12.2 Å². The van der Waals surface area contributed by atoms with Crippen LogP contribution in [0.3, 0.4) is 0 Å². The van der Waals surface area contributed by atoms with Crippen molar-refractivity contribution in [3.8, 4) is 0 Å². The molecule has 0 heterocycles. The molecule has 0 aromatic carbocycles. The summed E-state index contributed by atoms with van der Waals surface area (Å²) < 4.78 is 31.3. The minimum absolute atomic E-state index is 0.579. The van der Waals surface area contributed by atoms with E-state index in [0.29, 0.717) is 0 Å². The average Bonchev–Trinajstić information content (AvgIpc) is 1.81. The van der Waals surface area contributed by atoms with E-state index in [9.17, 15) is 18.0 Å². The third kappa shape index (κ3) is 5.82. The largest absolute Gasteiger partial charge is 0.481 e. The van der Waals surface area contributed by atoms with Crippen molar-refractivity contribution in [2.75, 3.05) is 0 Å². The normalized spacial score (nSPS) is 10.5. The number of carboxylic acids is 1. The van der Waals surface area contributed by atoms with E-state index in [1.54, 1.807) is 0 Å². The number of carboxylic acid groups (broad SMARTS) is 1. The number of carbonyl (C=O) groups is 2. The van der Waals surface area contributed by atoms with Crippen LogP contribution in [0, 0.1) is 0 Å². The van der Waals surface area contributed by atoms with Crippen LogP contribution in [-0.2, 0) is 24.2 Å². The fraction of sp³-hybridized carbons (Fsp3) is 0.200. The highest BCUT2D eigenvalue weighted by Gasteiger charge is 2.18. The van der Waals surface area contributed by atoms with Gasteiger partial charge in [-0.25, -0.2) is 4.79 Å². The molecule has 0 fully saturated rings. The van der Waals surface area contributed by atoms with Gasteiger partial charge in [0.2, 0.25) is 0 Å². The quantitative estimate of drug-likeness (QED) is 0.468. The van der Waals surface area contributed by atoms with Gasteiger partial charge in [-0.1, -0.05) is 6.58 Å². The van der Waals surface area contributed by atoms with E-state index in [2.05, 4.69) is 10.8 Å². The molecule has 0 amide bonds. The first-order valence-corrected chi connectivity index (χ1v) is 4.19. The molecular formula is C5H6O7S. The Morgan fingerprint density at radius 3 is 2.15 bits per heavy atom.